The Morgan fingerprint density at radius 3 is 2.00 bits per heavy atom. The van der Waals surface area contributed by atoms with Crippen molar-refractivity contribution < 1.29 is 4.39 Å². The molecule has 1 heterocycles. The first-order chi connectivity index (χ1) is 13.3. The Bertz CT molecular complexity index is 1020. The molecule has 27 heavy (non-hydrogen) atoms. The third kappa shape index (κ3) is 4.23. The van der Waals surface area contributed by atoms with Crippen molar-refractivity contribution in [2.75, 3.05) is 0 Å². The summed E-state index contributed by atoms with van der Waals surface area (Å²) in [6.45, 7) is 0. The summed E-state index contributed by atoms with van der Waals surface area (Å²) in [6, 6.07) is 29.2. The van der Waals surface area contributed by atoms with Gasteiger partial charge >= 0.3 is 0 Å². The van der Waals surface area contributed by atoms with E-state index in [1.807, 2.05) is 36.4 Å². The second kappa shape index (κ2) is 8.14. The molecule has 4 heteroatoms. The van der Waals surface area contributed by atoms with Gasteiger partial charge in [0.25, 0.3) is 0 Å². The number of halogens is 1. The molecule has 0 N–H and O–H groups in total. The standard InChI is InChI=1S/C23H17FN2S/c24-21-9-5-4-8-20(21)16-27-23-15-14-22(25-26-23)19-12-10-18(11-13-19)17-6-2-1-3-7-17/h1-15H,16H2. The van der Waals surface area contributed by atoms with Crippen LogP contribution < -0.4 is 0 Å². The minimum atomic E-state index is -0.187. The molecule has 0 unspecified atom stereocenters. The first-order valence-corrected chi connectivity index (χ1v) is 9.64. The normalized spacial score (nSPS) is 10.7. The zero-order valence-electron chi connectivity index (χ0n) is 14.5. The maximum atomic E-state index is 13.7. The van der Waals surface area contributed by atoms with Crippen molar-refractivity contribution in [1.29, 1.82) is 0 Å². The van der Waals surface area contributed by atoms with Gasteiger partial charge in [-0.3, -0.25) is 0 Å². The lowest BCUT2D eigenvalue weighted by atomic mass is 10.0. The number of hydrogen-bond acceptors (Lipinski definition) is 3. The number of benzene rings is 3. The van der Waals surface area contributed by atoms with E-state index in [4.69, 9.17) is 0 Å². The molecule has 0 saturated carbocycles. The number of rotatable bonds is 5. The van der Waals surface area contributed by atoms with Gasteiger partial charge in [-0.05, 0) is 34.9 Å². The lowest BCUT2D eigenvalue weighted by molar-refractivity contribution is 0.617. The van der Waals surface area contributed by atoms with Crippen LogP contribution in [-0.4, -0.2) is 10.2 Å². The Labute approximate surface area is 162 Å². The van der Waals surface area contributed by atoms with Gasteiger partial charge in [-0.15, -0.1) is 10.2 Å². The molecule has 4 aromatic rings. The highest BCUT2D eigenvalue weighted by Gasteiger charge is 2.05. The maximum Gasteiger partial charge on any atom is 0.127 e. The van der Waals surface area contributed by atoms with E-state index in [9.17, 15) is 4.39 Å². The largest absolute Gasteiger partial charge is 0.207 e. The number of aromatic nitrogens is 2. The lowest BCUT2D eigenvalue weighted by Crippen LogP contribution is -1.91. The van der Waals surface area contributed by atoms with E-state index in [0.29, 0.717) is 11.3 Å². The zero-order valence-corrected chi connectivity index (χ0v) is 15.4. The van der Waals surface area contributed by atoms with Crippen LogP contribution in [0.15, 0.2) is 96.0 Å². The summed E-state index contributed by atoms with van der Waals surface area (Å²) < 4.78 is 13.7. The minimum absolute atomic E-state index is 0.187. The van der Waals surface area contributed by atoms with Crippen LogP contribution in [0, 0.1) is 5.82 Å². The number of nitrogens with zero attached hydrogens (tertiary/aromatic N) is 2. The Morgan fingerprint density at radius 1 is 0.630 bits per heavy atom. The van der Waals surface area contributed by atoms with Crippen molar-refractivity contribution in [1.82, 2.24) is 10.2 Å². The SMILES string of the molecule is Fc1ccccc1CSc1ccc(-c2ccc(-c3ccccc3)cc2)nn1. The van der Waals surface area contributed by atoms with Gasteiger partial charge in [-0.2, -0.15) is 0 Å². The summed E-state index contributed by atoms with van der Waals surface area (Å²) in [4.78, 5) is 0. The molecule has 0 aliphatic rings. The fraction of sp³-hybridized carbons (Fsp3) is 0.0435. The maximum absolute atomic E-state index is 13.7. The third-order valence-corrected chi connectivity index (χ3v) is 5.23. The molecular formula is C23H17FN2S. The van der Waals surface area contributed by atoms with E-state index in [2.05, 4.69) is 46.6 Å². The number of thioether (sulfide) groups is 1. The summed E-state index contributed by atoms with van der Waals surface area (Å²) in [5.41, 5.74) is 4.88. The molecule has 0 atom stereocenters. The summed E-state index contributed by atoms with van der Waals surface area (Å²) in [5, 5.41) is 9.37. The summed E-state index contributed by atoms with van der Waals surface area (Å²) >= 11 is 1.48. The summed E-state index contributed by atoms with van der Waals surface area (Å²) in [5.74, 6) is 0.347. The fourth-order valence-corrected chi connectivity index (χ4v) is 3.58. The van der Waals surface area contributed by atoms with Crippen LogP contribution in [0.2, 0.25) is 0 Å². The highest BCUT2D eigenvalue weighted by Crippen LogP contribution is 2.26. The van der Waals surface area contributed by atoms with Gasteiger partial charge in [0.05, 0.1) is 5.69 Å². The molecule has 3 aromatic carbocycles. The van der Waals surface area contributed by atoms with Crippen LogP contribution in [0.4, 0.5) is 4.39 Å². The molecule has 4 rings (SSSR count). The number of hydrogen-bond donors (Lipinski definition) is 0. The Kier molecular flexibility index (Phi) is 5.26. The Morgan fingerprint density at radius 2 is 1.30 bits per heavy atom. The van der Waals surface area contributed by atoms with Gasteiger partial charge in [0, 0.05) is 11.3 Å². The molecular weight excluding hydrogens is 355 g/mol. The van der Waals surface area contributed by atoms with Crippen LogP contribution in [0.5, 0.6) is 0 Å². The first kappa shape index (κ1) is 17.4. The second-order valence-corrected chi connectivity index (χ2v) is 7.08. The molecule has 2 nitrogen and oxygen atoms in total. The van der Waals surface area contributed by atoms with E-state index in [-0.39, 0.29) is 5.82 Å². The molecule has 0 amide bonds. The highest BCUT2D eigenvalue weighted by atomic mass is 32.2. The molecule has 0 aliphatic heterocycles. The summed E-state index contributed by atoms with van der Waals surface area (Å²) in [7, 11) is 0. The topological polar surface area (TPSA) is 25.8 Å². The van der Waals surface area contributed by atoms with E-state index in [0.717, 1.165) is 16.3 Å². The average molecular weight is 372 g/mol. The van der Waals surface area contributed by atoms with E-state index in [1.165, 1.54) is 29.0 Å². The van der Waals surface area contributed by atoms with Crippen LogP contribution >= 0.6 is 11.8 Å². The van der Waals surface area contributed by atoms with Crippen molar-refractivity contribution in [3.63, 3.8) is 0 Å². The average Bonchev–Trinajstić information content (AvgIpc) is 2.74. The second-order valence-electron chi connectivity index (χ2n) is 6.08. The van der Waals surface area contributed by atoms with Crippen molar-refractivity contribution in [2.24, 2.45) is 0 Å². The third-order valence-electron chi connectivity index (χ3n) is 4.26. The van der Waals surface area contributed by atoms with Crippen molar-refractivity contribution in [3.05, 3.63) is 102 Å². The van der Waals surface area contributed by atoms with Gasteiger partial charge in [-0.1, -0.05) is 84.6 Å². The van der Waals surface area contributed by atoms with Gasteiger partial charge in [0.15, 0.2) is 0 Å². The van der Waals surface area contributed by atoms with Crippen LogP contribution in [0.1, 0.15) is 5.56 Å². The first-order valence-electron chi connectivity index (χ1n) is 8.65. The van der Waals surface area contributed by atoms with Crippen LogP contribution in [-0.2, 0) is 5.75 Å². The smallest absolute Gasteiger partial charge is 0.127 e. The van der Waals surface area contributed by atoms with E-state index in [1.54, 1.807) is 12.1 Å². The van der Waals surface area contributed by atoms with Crippen molar-refractivity contribution in [2.45, 2.75) is 10.8 Å². The van der Waals surface area contributed by atoms with Crippen molar-refractivity contribution >= 4 is 11.8 Å². The molecule has 0 aliphatic carbocycles. The molecule has 0 bridgehead atoms. The lowest BCUT2D eigenvalue weighted by Gasteiger charge is -2.05. The van der Waals surface area contributed by atoms with Crippen LogP contribution in [0.25, 0.3) is 22.4 Å². The van der Waals surface area contributed by atoms with E-state index < -0.39 is 0 Å². The Balaban J connectivity index is 1.45. The molecule has 1 aromatic heterocycles. The fourth-order valence-electron chi connectivity index (χ4n) is 2.78. The van der Waals surface area contributed by atoms with Gasteiger partial charge in [0.2, 0.25) is 0 Å². The predicted molar refractivity (Wildman–Crippen MR) is 109 cm³/mol. The highest BCUT2D eigenvalue weighted by molar-refractivity contribution is 7.98. The molecule has 0 fully saturated rings. The minimum Gasteiger partial charge on any atom is -0.207 e. The molecule has 0 spiro atoms. The molecule has 0 radical (unpaired) electrons. The van der Waals surface area contributed by atoms with Gasteiger partial charge < -0.3 is 0 Å². The summed E-state index contributed by atoms with van der Waals surface area (Å²) in [6.07, 6.45) is 0. The van der Waals surface area contributed by atoms with Gasteiger partial charge in [-0.25, -0.2) is 4.39 Å². The molecule has 132 valence electrons. The zero-order chi connectivity index (χ0) is 18.5. The van der Waals surface area contributed by atoms with E-state index >= 15 is 0 Å². The Hall–Kier alpha value is -2.98. The quantitative estimate of drug-likeness (QED) is 0.388. The predicted octanol–water partition coefficient (Wildman–Crippen LogP) is 6.24. The van der Waals surface area contributed by atoms with Crippen LogP contribution in [0.3, 0.4) is 0 Å². The van der Waals surface area contributed by atoms with Gasteiger partial charge in [0.1, 0.15) is 10.8 Å². The molecule has 0 saturated heterocycles. The van der Waals surface area contributed by atoms with Crippen molar-refractivity contribution in [3.8, 4) is 22.4 Å². The monoisotopic (exact) mass is 372 g/mol.